The monoisotopic (exact) mass is 267 g/mol. The van der Waals surface area contributed by atoms with Gasteiger partial charge >= 0.3 is 21.1 Å². The highest BCUT2D eigenvalue weighted by molar-refractivity contribution is 7.65. The summed E-state index contributed by atoms with van der Waals surface area (Å²) in [6, 6.07) is 0. The second-order valence-electron chi connectivity index (χ2n) is 2.66. The smallest absolute Gasteiger partial charge is 0.314 e. The van der Waals surface area contributed by atoms with Crippen molar-refractivity contribution < 1.29 is 22.9 Å². The molecule has 2 atom stereocenters. The molecule has 0 aromatic carbocycles. The van der Waals surface area contributed by atoms with Crippen LogP contribution in [-0.4, -0.2) is 24.9 Å². The van der Waals surface area contributed by atoms with Crippen LogP contribution >= 0.6 is 16.1 Å². The molecule has 92 valence electrons. The summed E-state index contributed by atoms with van der Waals surface area (Å²) in [5.41, 5.74) is 0. The van der Waals surface area contributed by atoms with Crippen LogP contribution in [0.3, 0.4) is 0 Å². The van der Waals surface area contributed by atoms with Crippen molar-refractivity contribution in [3.8, 4) is 12.3 Å². The Labute approximate surface area is 97.6 Å². The minimum atomic E-state index is -3.74. The third-order valence-corrected chi connectivity index (χ3v) is 5.56. The molecule has 0 aliphatic heterocycles. The van der Waals surface area contributed by atoms with E-state index < -0.39 is 21.1 Å². The van der Waals surface area contributed by atoms with E-state index >= 15 is 0 Å². The summed E-state index contributed by atoms with van der Waals surface area (Å²) in [5.74, 6) is 2.14. The Morgan fingerprint density at radius 3 is 2.00 bits per heavy atom. The highest BCUT2D eigenvalue weighted by Crippen LogP contribution is 2.64. The fourth-order valence-electron chi connectivity index (χ4n) is 1.08. The Morgan fingerprint density at radius 1 is 1.25 bits per heavy atom. The van der Waals surface area contributed by atoms with E-state index in [0.29, 0.717) is 0 Å². The molecule has 16 heavy (non-hydrogen) atoms. The Morgan fingerprint density at radius 2 is 1.75 bits per heavy atom. The third kappa shape index (κ3) is 3.13. The summed E-state index contributed by atoms with van der Waals surface area (Å²) in [4.78, 5) is 0. The van der Waals surface area contributed by atoms with Gasteiger partial charge in [0.1, 0.15) is 0 Å². The first kappa shape index (κ1) is 15.8. The summed E-state index contributed by atoms with van der Waals surface area (Å²) in [7, 11) is -4.86. The lowest BCUT2D eigenvalue weighted by Crippen LogP contribution is -2.26. The van der Waals surface area contributed by atoms with Gasteiger partial charge in [0.15, 0.2) is 0 Å². The molecule has 0 bridgehead atoms. The van der Waals surface area contributed by atoms with E-state index in [1.807, 2.05) is 0 Å². The molecule has 0 aliphatic rings. The molecule has 0 amide bonds. The molecule has 0 N–H and O–H groups in total. The average molecular weight is 267 g/mol. The van der Waals surface area contributed by atoms with Gasteiger partial charge in [-0.1, -0.05) is 4.57 Å². The fourth-order valence-corrected chi connectivity index (χ4v) is 3.74. The third-order valence-electron chi connectivity index (χ3n) is 1.67. The Hall–Kier alpha value is -0.230. The largest absolute Gasteiger partial charge is 0.426 e. The summed E-state index contributed by atoms with van der Waals surface area (Å²) in [5, 5.41) is -1.80. The number of hydrogen-bond donors (Lipinski definition) is 0. The van der Waals surface area contributed by atoms with Crippen LogP contribution in [0.5, 0.6) is 0 Å². The van der Waals surface area contributed by atoms with E-state index in [1.165, 1.54) is 0 Å². The maximum absolute atomic E-state index is 12.4. The van der Waals surface area contributed by atoms with Crippen LogP contribution in [0, 0.1) is 12.3 Å². The van der Waals surface area contributed by atoms with Crippen molar-refractivity contribution in [1.82, 2.24) is 0 Å². The van der Waals surface area contributed by atoms with E-state index in [2.05, 4.69) is 5.92 Å². The van der Waals surface area contributed by atoms with Crippen molar-refractivity contribution in [2.24, 2.45) is 0 Å². The first-order valence-electron chi connectivity index (χ1n) is 4.96. The van der Waals surface area contributed by atoms with Crippen LogP contribution < -0.4 is 0 Å². The van der Waals surface area contributed by atoms with Gasteiger partial charge < -0.3 is 13.8 Å². The van der Waals surface area contributed by atoms with Crippen molar-refractivity contribution in [2.75, 3.05) is 19.8 Å². The molecule has 0 saturated heterocycles. The van der Waals surface area contributed by atoms with Crippen LogP contribution in [-0.2, 0) is 22.9 Å². The molecule has 0 saturated carbocycles. The van der Waals surface area contributed by atoms with Gasteiger partial charge in [0.25, 0.3) is 0 Å². The number of rotatable bonds is 8. The van der Waals surface area contributed by atoms with Gasteiger partial charge in [-0.2, -0.15) is 0 Å². The molecule has 0 fully saturated rings. The molecule has 5 nitrogen and oxygen atoms in total. The molecular weight excluding hydrogens is 250 g/mol. The average Bonchev–Trinajstić information content (AvgIpc) is 2.26. The first-order valence-corrected chi connectivity index (χ1v) is 7.41. The molecule has 7 heteroatoms. The van der Waals surface area contributed by atoms with Crippen molar-refractivity contribution in [3.05, 3.63) is 0 Å². The zero-order valence-electron chi connectivity index (χ0n) is 9.69. The highest BCUT2D eigenvalue weighted by atomic mass is 31.2. The fraction of sp³-hybridized carbons (Fsp3) is 0.778. The standard InChI is InChI=1S/C9H16O5P2/c1-5-9(15-10,12-6-2)16(11,13-7-3)14-8-4/h1H,6-8H2,2-4H3/p+1. The molecule has 0 spiro atoms. The van der Waals surface area contributed by atoms with Gasteiger partial charge in [0.2, 0.25) is 0 Å². The summed E-state index contributed by atoms with van der Waals surface area (Å²) < 4.78 is 38.8. The molecule has 0 aromatic rings. The van der Waals surface area contributed by atoms with Gasteiger partial charge in [-0.15, -0.1) is 6.42 Å². The minimum Gasteiger partial charge on any atom is -0.314 e. The Balaban J connectivity index is 5.34. The Kier molecular flexibility index (Phi) is 7.06. The molecule has 0 aromatic heterocycles. The SMILES string of the molecule is C#CC(OCC)([PH+]=O)P(=O)(OCC)OCC. The lowest BCUT2D eigenvalue weighted by atomic mass is 10.7. The lowest BCUT2D eigenvalue weighted by Gasteiger charge is -2.23. The van der Waals surface area contributed by atoms with Crippen molar-refractivity contribution >= 4 is 16.1 Å². The van der Waals surface area contributed by atoms with Crippen LogP contribution in [0.2, 0.25) is 0 Å². The predicted molar refractivity (Wildman–Crippen MR) is 63.1 cm³/mol. The van der Waals surface area contributed by atoms with Crippen LogP contribution in [0.4, 0.5) is 0 Å². The molecule has 0 radical (unpaired) electrons. The van der Waals surface area contributed by atoms with Gasteiger partial charge in [0, 0.05) is 0 Å². The van der Waals surface area contributed by atoms with Crippen molar-refractivity contribution in [1.29, 1.82) is 0 Å². The van der Waals surface area contributed by atoms with Crippen molar-refractivity contribution in [2.45, 2.75) is 25.9 Å². The van der Waals surface area contributed by atoms with Crippen molar-refractivity contribution in [3.63, 3.8) is 0 Å². The van der Waals surface area contributed by atoms with Crippen LogP contribution in [0.1, 0.15) is 20.8 Å². The number of ether oxygens (including phenoxy) is 1. The number of terminal acetylenes is 1. The highest BCUT2D eigenvalue weighted by Gasteiger charge is 2.60. The lowest BCUT2D eigenvalue weighted by molar-refractivity contribution is 0.0855. The second-order valence-corrected chi connectivity index (χ2v) is 6.13. The van der Waals surface area contributed by atoms with E-state index in [-0.39, 0.29) is 19.8 Å². The maximum Gasteiger partial charge on any atom is 0.426 e. The molecule has 0 rings (SSSR count). The molecule has 2 unspecified atom stereocenters. The maximum atomic E-state index is 12.4. The Bertz CT molecular complexity index is 302. The van der Waals surface area contributed by atoms with Gasteiger partial charge in [0.05, 0.1) is 19.8 Å². The topological polar surface area (TPSA) is 61.8 Å². The van der Waals surface area contributed by atoms with E-state index in [0.717, 1.165) is 0 Å². The summed E-state index contributed by atoms with van der Waals surface area (Å²) in [6.45, 7) is 5.40. The summed E-state index contributed by atoms with van der Waals surface area (Å²) >= 11 is 0. The van der Waals surface area contributed by atoms with Crippen LogP contribution in [0.15, 0.2) is 0 Å². The molecule has 0 heterocycles. The predicted octanol–water partition coefficient (Wildman–Crippen LogP) is 2.60. The van der Waals surface area contributed by atoms with Gasteiger partial charge in [-0.05, 0) is 26.7 Å². The van der Waals surface area contributed by atoms with Crippen LogP contribution in [0.25, 0.3) is 0 Å². The number of hydrogen-bond acceptors (Lipinski definition) is 5. The van der Waals surface area contributed by atoms with Gasteiger partial charge in [-0.3, -0.25) is 4.57 Å². The van der Waals surface area contributed by atoms with E-state index in [9.17, 15) is 9.13 Å². The minimum absolute atomic E-state index is 0.137. The normalized spacial score (nSPS) is 15.6. The van der Waals surface area contributed by atoms with E-state index in [1.54, 1.807) is 20.8 Å². The quantitative estimate of drug-likeness (QED) is 0.499. The van der Waals surface area contributed by atoms with Gasteiger partial charge in [-0.25, -0.2) is 0 Å². The molecule has 0 aliphatic carbocycles. The second kappa shape index (κ2) is 7.17. The zero-order valence-corrected chi connectivity index (χ0v) is 11.6. The first-order chi connectivity index (χ1) is 7.55. The molecular formula is C9H17O5P2+. The zero-order chi connectivity index (χ0) is 12.7. The summed E-state index contributed by atoms with van der Waals surface area (Å²) in [6.07, 6.45) is 5.25. The van der Waals surface area contributed by atoms with E-state index in [4.69, 9.17) is 20.2 Å².